The van der Waals surface area contributed by atoms with E-state index in [-0.39, 0.29) is 11.2 Å². The van der Waals surface area contributed by atoms with Crippen LogP contribution < -0.4 is 5.32 Å². The van der Waals surface area contributed by atoms with Crippen LogP contribution in [0.3, 0.4) is 0 Å². The minimum absolute atomic E-state index is 0.0970. The maximum atomic E-state index is 11.3. The van der Waals surface area contributed by atoms with Crippen molar-refractivity contribution in [3.8, 4) is 0 Å². The summed E-state index contributed by atoms with van der Waals surface area (Å²) in [5, 5.41) is 3.76. The van der Waals surface area contributed by atoms with Crippen molar-refractivity contribution in [2.45, 2.75) is 12.8 Å². The van der Waals surface area contributed by atoms with Crippen molar-refractivity contribution in [3.63, 3.8) is 0 Å². The summed E-state index contributed by atoms with van der Waals surface area (Å²) in [6, 6.07) is 1.79. The second-order valence-corrected chi connectivity index (χ2v) is 7.33. The van der Waals surface area contributed by atoms with E-state index in [0.29, 0.717) is 11.6 Å². The number of halogens is 1. The van der Waals surface area contributed by atoms with Crippen molar-refractivity contribution in [1.82, 2.24) is 4.98 Å². The molecule has 0 amide bonds. The number of anilines is 1. The van der Waals surface area contributed by atoms with E-state index in [9.17, 15) is 8.42 Å². The van der Waals surface area contributed by atoms with Crippen LogP contribution in [0.5, 0.6) is 0 Å². The highest BCUT2D eigenvalue weighted by atomic mass is 35.5. The fraction of sp³-hybridized carbons (Fsp3) is 0.545. The van der Waals surface area contributed by atoms with E-state index < -0.39 is 9.84 Å². The van der Waals surface area contributed by atoms with Gasteiger partial charge < -0.3 is 5.32 Å². The van der Waals surface area contributed by atoms with Crippen LogP contribution in [-0.2, 0) is 9.84 Å². The molecule has 1 fully saturated rings. The molecule has 17 heavy (non-hydrogen) atoms. The van der Waals surface area contributed by atoms with Crippen molar-refractivity contribution in [3.05, 3.63) is 23.5 Å². The van der Waals surface area contributed by atoms with Crippen molar-refractivity contribution in [1.29, 1.82) is 0 Å². The Bertz CT molecular complexity index is 512. The number of hydrogen-bond donors (Lipinski definition) is 1. The normalized spacial score (nSPS) is 17.8. The predicted octanol–water partition coefficient (Wildman–Crippen LogP) is 1.97. The lowest BCUT2D eigenvalue weighted by Gasteiger charge is -2.16. The van der Waals surface area contributed by atoms with E-state index in [1.165, 1.54) is 6.26 Å². The second-order valence-electron chi connectivity index (χ2n) is 4.78. The van der Waals surface area contributed by atoms with Crippen molar-refractivity contribution >= 4 is 27.1 Å². The Kier molecular flexibility index (Phi) is 3.32. The molecule has 0 aromatic carbocycles. The zero-order chi connectivity index (χ0) is 12.5. The molecule has 0 bridgehead atoms. The van der Waals surface area contributed by atoms with Gasteiger partial charge in [-0.25, -0.2) is 8.42 Å². The van der Waals surface area contributed by atoms with E-state index in [0.717, 1.165) is 18.5 Å². The molecule has 0 unspecified atom stereocenters. The fourth-order valence-electron chi connectivity index (χ4n) is 1.91. The largest absolute Gasteiger partial charge is 0.383 e. The van der Waals surface area contributed by atoms with Gasteiger partial charge in [0, 0.05) is 30.6 Å². The van der Waals surface area contributed by atoms with Gasteiger partial charge >= 0.3 is 0 Å². The summed E-state index contributed by atoms with van der Waals surface area (Å²) >= 11 is 5.96. The standard InChI is InChI=1S/C11H15ClN2O2S/c1-17(15,16)8-11(3-4-11)7-14-10-2-5-13-6-9(10)12/h2,5-6H,3-4,7-8H2,1H3,(H,13,14). The third-order valence-electron chi connectivity index (χ3n) is 2.95. The quantitative estimate of drug-likeness (QED) is 0.892. The lowest BCUT2D eigenvalue weighted by atomic mass is 10.1. The number of rotatable bonds is 5. The van der Waals surface area contributed by atoms with Gasteiger partial charge in [0.1, 0.15) is 9.84 Å². The van der Waals surface area contributed by atoms with Crippen molar-refractivity contribution < 1.29 is 8.42 Å². The highest BCUT2D eigenvalue weighted by Crippen LogP contribution is 2.46. The molecule has 94 valence electrons. The average Bonchev–Trinajstić information content (AvgIpc) is 2.94. The smallest absolute Gasteiger partial charge is 0.148 e. The maximum absolute atomic E-state index is 11.3. The van der Waals surface area contributed by atoms with Crippen molar-refractivity contribution in [2.75, 3.05) is 23.9 Å². The van der Waals surface area contributed by atoms with Crippen molar-refractivity contribution in [2.24, 2.45) is 5.41 Å². The minimum atomic E-state index is -2.92. The van der Waals surface area contributed by atoms with Crippen LogP contribution in [0, 0.1) is 5.41 Å². The first-order chi connectivity index (χ1) is 7.90. The molecule has 1 aliphatic rings. The van der Waals surface area contributed by atoms with Crippen LogP contribution in [0.4, 0.5) is 5.69 Å². The lowest BCUT2D eigenvalue weighted by Crippen LogP contribution is -2.24. The molecule has 0 aliphatic heterocycles. The Morgan fingerprint density at radius 2 is 2.24 bits per heavy atom. The van der Waals surface area contributed by atoms with Gasteiger partial charge in [-0.1, -0.05) is 11.6 Å². The Morgan fingerprint density at radius 1 is 1.53 bits per heavy atom. The molecule has 1 aromatic heterocycles. The average molecular weight is 275 g/mol. The molecular weight excluding hydrogens is 260 g/mol. The van der Waals surface area contributed by atoms with Crippen LogP contribution in [0.15, 0.2) is 18.5 Å². The van der Waals surface area contributed by atoms with E-state index in [2.05, 4.69) is 10.3 Å². The van der Waals surface area contributed by atoms with E-state index in [4.69, 9.17) is 11.6 Å². The summed E-state index contributed by atoms with van der Waals surface area (Å²) in [5.74, 6) is 0.246. The Balaban J connectivity index is 1.97. The van der Waals surface area contributed by atoms with Gasteiger partial charge in [0.15, 0.2) is 0 Å². The molecule has 6 heteroatoms. The number of sulfone groups is 1. The van der Waals surface area contributed by atoms with Gasteiger partial charge in [0.2, 0.25) is 0 Å². The topological polar surface area (TPSA) is 59.1 Å². The molecule has 1 saturated carbocycles. The number of nitrogens with one attached hydrogen (secondary N) is 1. The maximum Gasteiger partial charge on any atom is 0.148 e. The monoisotopic (exact) mass is 274 g/mol. The summed E-state index contributed by atoms with van der Waals surface area (Å²) in [6.07, 6.45) is 6.42. The fourth-order valence-corrected chi connectivity index (χ4v) is 3.60. The molecule has 1 heterocycles. The van der Waals surface area contributed by atoms with Crippen LogP contribution in [0.25, 0.3) is 0 Å². The number of pyridine rings is 1. The molecule has 0 radical (unpaired) electrons. The van der Waals surface area contributed by atoms with Crippen LogP contribution >= 0.6 is 11.6 Å². The third kappa shape index (κ3) is 3.57. The van der Waals surface area contributed by atoms with E-state index in [1.807, 2.05) is 0 Å². The Hall–Kier alpha value is -0.810. The molecular formula is C11H15ClN2O2S. The summed E-state index contributed by atoms with van der Waals surface area (Å²) in [6.45, 7) is 0.643. The highest BCUT2D eigenvalue weighted by molar-refractivity contribution is 7.90. The molecule has 0 saturated heterocycles. The minimum Gasteiger partial charge on any atom is -0.383 e. The predicted molar refractivity (Wildman–Crippen MR) is 69.1 cm³/mol. The zero-order valence-electron chi connectivity index (χ0n) is 9.61. The van der Waals surface area contributed by atoms with Gasteiger partial charge in [-0.3, -0.25) is 4.98 Å². The first-order valence-electron chi connectivity index (χ1n) is 5.41. The molecule has 1 aliphatic carbocycles. The molecule has 0 atom stereocenters. The first-order valence-corrected chi connectivity index (χ1v) is 7.85. The van der Waals surface area contributed by atoms with Gasteiger partial charge in [-0.15, -0.1) is 0 Å². The molecule has 4 nitrogen and oxygen atoms in total. The second kappa shape index (κ2) is 4.46. The third-order valence-corrected chi connectivity index (χ3v) is 4.39. The number of nitrogens with zero attached hydrogens (tertiary/aromatic N) is 1. The number of aromatic nitrogens is 1. The Labute approximate surface area is 106 Å². The van der Waals surface area contributed by atoms with E-state index in [1.54, 1.807) is 18.5 Å². The van der Waals surface area contributed by atoms with E-state index >= 15 is 0 Å². The summed E-state index contributed by atoms with van der Waals surface area (Å²) < 4.78 is 22.6. The lowest BCUT2D eigenvalue weighted by molar-refractivity contribution is 0.561. The molecule has 1 aromatic rings. The molecule has 1 N–H and O–H groups in total. The van der Waals surface area contributed by atoms with Gasteiger partial charge in [-0.2, -0.15) is 0 Å². The molecule has 2 rings (SSSR count). The first kappa shape index (κ1) is 12.6. The van der Waals surface area contributed by atoms with Crippen LogP contribution in [-0.4, -0.2) is 32.0 Å². The van der Waals surface area contributed by atoms with Gasteiger partial charge in [-0.05, 0) is 18.9 Å². The summed E-state index contributed by atoms with van der Waals surface area (Å²) in [4.78, 5) is 3.90. The highest BCUT2D eigenvalue weighted by Gasteiger charge is 2.44. The summed E-state index contributed by atoms with van der Waals surface area (Å²) in [5.41, 5.74) is 0.710. The SMILES string of the molecule is CS(=O)(=O)CC1(CNc2ccncc2Cl)CC1. The summed E-state index contributed by atoms with van der Waals surface area (Å²) in [7, 11) is -2.92. The number of hydrogen-bond acceptors (Lipinski definition) is 4. The Morgan fingerprint density at radius 3 is 2.76 bits per heavy atom. The molecule has 0 spiro atoms. The zero-order valence-corrected chi connectivity index (χ0v) is 11.2. The van der Waals surface area contributed by atoms with Gasteiger partial charge in [0.25, 0.3) is 0 Å². The van der Waals surface area contributed by atoms with Gasteiger partial charge in [0.05, 0.1) is 16.5 Å². The van der Waals surface area contributed by atoms with Crippen LogP contribution in [0.1, 0.15) is 12.8 Å². The van der Waals surface area contributed by atoms with Crippen LogP contribution in [0.2, 0.25) is 5.02 Å².